The summed E-state index contributed by atoms with van der Waals surface area (Å²) >= 11 is 15.1. The predicted octanol–water partition coefficient (Wildman–Crippen LogP) is 0.131. The van der Waals surface area contributed by atoms with Gasteiger partial charge in [0.15, 0.2) is 36.0 Å². The summed E-state index contributed by atoms with van der Waals surface area (Å²) in [6.45, 7) is -0.406. The van der Waals surface area contributed by atoms with Gasteiger partial charge in [0.05, 0.1) is 38.1 Å². The summed E-state index contributed by atoms with van der Waals surface area (Å²) in [5, 5.41) is 9.79. The number of rotatable bonds is 10. The number of aliphatic hydroxyl groups is 1. The first-order valence-electron chi connectivity index (χ1n) is 12.7. The number of fused-ring (bicyclic) bond motifs is 2. The molecule has 8 atom stereocenters. The molecule has 0 radical (unpaired) electrons. The third-order valence-electron chi connectivity index (χ3n) is 6.87. The van der Waals surface area contributed by atoms with E-state index in [-0.39, 0.29) is 42.6 Å². The Balaban J connectivity index is 1.18. The molecule has 18 nitrogen and oxygen atoms in total. The third-order valence-corrected chi connectivity index (χ3v) is 9.88. The average molecular weight is 693 g/mol. The van der Waals surface area contributed by atoms with Crippen molar-refractivity contribution in [3.8, 4) is 0 Å². The van der Waals surface area contributed by atoms with Crippen molar-refractivity contribution in [2.75, 3.05) is 24.7 Å². The van der Waals surface area contributed by atoms with Crippen LogP contribution in [0.5, 0.6) is 0 Å². The van der Waals surface area contributed by atoms with E-state index in [0.717, 1.165) is 0 Å². The van der Waals surface area contributed by atoms with Crippen LogP contribution in [0.2, 0.25) is 0 Å². The van der Waals surface area contributed by atoms with Gasteiger partial charge in [0.25, 0.3) is 5.56 Å². The fourth-order valence-electron chi connectivity index (χ4n) is 5.03. The van der Waals surface area contributed by atoms with Crippen molar-refractivity contribution in [2.45, 2.75) is 49.7 Å². The molecule has 2 fully saturated rings. The van der Waals surface area contributed by atoms with Gasteiger partial charge in [-0.1, -0.05) is 12.2 Å². The largest absolute Gasteiger partial charge is 0.394 e. The summed E-state index contributed by atoms with van der Waals surface area (Å²) in [6.07, 6.45) is 0.559. The van der Waals surface area contributed by atoms with Gasteiger partial charge in [-0.3, -0.25) is 18.9 Å². The second-order valence-electron chi connectivity index (χ2n) is 9.62. The predicted molar refractivity (Wildman–Crippen MR) is 163 cm³/mol. The van der Waals surface area contributed by atoms with Crippen LogP contribution in [0.1, 0.15) is 25.3 Å². The third kappa shape index (κ3) is 6.35. The molecule has 2 aliphatic rings. The molecule has 0 spiro atoms. The van der Waals surface area contributed by atoms with E-state index in [2.05, 4.69) is 42.2 Å². The Bertz CT molecular complexity index is 1790. The van der Waals surface area contributed by atoms with Crippen molar-refractivity contribution in [1.82, 2.24) is 39.0 Å². The number of hydrogen-bond acceptors (Lipinski definition) is 16. The number of aromatic nitrogens is 8. The minimum atomic E-state index is -3.29. The number of ether oxygens (including phenoxy) is 2. The highest BCUT2D eigenvalue weighted by Crippen LogP contribution is 2.57. The highest BCUT2D eigenvalue weighted by Gasteiger charge is 2.43. The Morgan fingerprint density at radius 3 is 2.67 bits per heavy atom. The molecular weight excluding hydrogens is 666 g/mol. The van der Waals surface area contributed by atoms with Crippen LogP contribution in [0, 0.1) is 0 Å². The number of nitrogens with two attached hydrogens (primary N) is 2. The molecule has 232 valence electrons. The van der Waals surface area contributed by atoms with E-state index in [1.807, 2.05) is 0 Å². The Morgan fingerprint density at radius 2 is 1.91 bits per heavy atom. The van der Waals surface area contributed by atoms with Gasteiger partial charge in [0.2, 0.25) is 11.6 Å². The molecule has 2 aliphatic heterocycles. The van der Waals surface area contributed by atoms with Crippen LogP contribution in [0.3, 0.4) is 0 Å². The van der Waals surface area contributed by atoms with E-state index >= 15 is 0 Å². The maximum Gasteiger partial charge on any atom is 0.280 e. The standard InChI is InChI=1S/C20H26N10O8P2S3/c21-15-13-16(24-5-23-15)29(6-25-13)12-2-9(37-39(33)41)11(36-12)4-34-40(42,43)38-10-1-8(3-31)35-19(10)30-7-26-14-17(30)27-20(22)28-18(14)32/h5-12,19,31,39H,1-4H2,(H,33,41)(H,42,43)(H2,21,23,24)(H3,22,27,28,32)/t8-,9-,10+,11+,12+,19+/m0/s1. The van der Waals surface area contributed by atoms with Crippen LogP contribution in [0.4, 0.5) is 11.8 Å². The molecule has 6 heterocycles. The molecule has 2 unspecified atom stereocenters. The van der Waals surface area contributed by atoms with Gasteiger partial charge in [-0.2, -0.15) is 4.98 Å². The smallest absolute Gasteiger partial charge is 0.280 e. The number of nitrogens with zero attached hydrogens (tertiary/aromatic N) is 7. The lowest BCUT2D eigenvalue weighted by atomic mass is 10.2. The number of anilines is 2. The van der Waals surface area contributed by atoms with E-state index in [9.17, 15) is 14.8 Å². The quantitative estimate of drug-likeness (QED) is 0.0955. The second kappa shape index (κ2) is 12.3. The Morgan fingerprint density at radius 1 is 1.14 bits per heavy atom. The zero-order valence-electron chi connectivity index (χ0n) is 21.9. The lowest BCUT2D eigenvalue weighted by molar-refractivity contribution is -0.0478. The molecule has 6 rings (SSSR count). The SMILES string of the molecule is Nc1nc2c(ncn2[C@@H]2O[C@H](CO)C[C@H]2OP(=S)(S)OC[C@H]2O[C@@H](n3cnc4c(N)ncnc43)C[C@@H]2O[PH](O)=S)c(=O)[nH]1. The van der Waals surface area contributed by atoms with Crippen LogP contribution in [0.15, 0.2) is 23.8 Å². The number of aromatic amines is 1. The molecule has 0 aromatic carbocycles. The first-order chi connectivity index (χ1) is 20.5. The molecule has 7 N–H and O–H groups in total. The maximum absolute atomic E-state index is 12.3. The van der Waals surface area contributed by atoms with E-state index < -0.39 is 55.3 Å². The van der Waals surface area contributed by atoms with E-state index in [1.54, 1.807) is 4.57 Å². The highest BCUT2D eigenvalue weighted by atomic mass is 32.9. The summed E-state index contributed by atoms with van der Waals surface area (Å²) < 4.78 is 33.1. The van der Waals surface area contributed by atoms with Crippen LogP contribution in [-0.2, 0) is 46.7 Å². The van der Waals surface area contributed by atoms with Crippen LogP contribution in [-0.4, -0.2) is 86.7 Å². The zero-order valence-corrected chi connectivity index (χ0v) is 26.3. The van der Waals surface area contributed by atoms with Gasteiger partial charge in [-0.25, -0.2) is 19.9 Å². The monoisotopic (exact) mass is 692 g/mol. The number of aliphatic hydroxyl groups excluding tert-OH is 1. The molecule has 4 aromatic heterocycles. The minimum Gasteiger partial charge on any atom is -0.394 e. The van der Waals surface area contributed by atoms with Crippen molar-refractivity contribution in [1.29, 1.82) is 0 Å². The van der Waals surface area contributed by atoms with Crippen LogP contribution < -0.4 is 17.0 Å². The highest BCUT2D eigenvalue weighted by molar-refractivity contribution is 8.60. The Hall–Kier alpha value is -2.13. The van der Waals surface area contributed by atoms with Crippen molar-refractivity contribution in [3.05, 3.63) is 29.3 Å². The van der Waals surface area contributed by atoms with Crippen LogP contribution >= 0.6 is 25.1 Å². The second-order valence-corrected chi connectivity index (χ2v) is 16.7. The summed E-state index contributed by atoms with van der Waals surface area (Å²) in [6, 6.07) is 0. The number of nitrogens with one attached hydrogen (secondary N) is 1. The summed E-state index contributed by atoms with van der Waals surface area (Å²) in [5.41, 5.74) is 8.94. The molecule has 0 amide bonds. The van der Waals surface area contributed by atoms with Gasteiger partial charge >= 0.3 is 0 Å². The van der Waals surface area contributed by atoms with Crippen molar-refractivity contribution >= 4 is 82.8 Å². The number of imidazole rings is 2. The van der Waals surface area contributed by atoms with E-state index in [1.165, 1.54) is 23.5 Å². The first kappa shape index (κ1) is 30.9. The van der Waals surface area contributed by atoms with Crippen molar-refractivity contribution in [3.63, 3.8) is 0 Å². The molecule has 0 aliphatic carbocycles. The fourth-order valence-corrected chi connectivity index (χ4v) is 7.91. The zero-order chi connectivity index (χ0) is 30.5. The first-order valence-corrected chi connectivity index (χ1v) is 18.9. The molecule has 4 aromatic rings. The molecule has 2 saturated heterocycles. The lowest BCUT2D eigenvalue weighted by Gasteiger charge is -2.27. The van der Waals surface area contributed by atoms with Gasteiger partial charge < -0.3 is 44.5 Å². The number of nitrogen functional groups attached to an aromatic ring is 2. The fraction of sp³-hybridized carbons (Fsp3) is 0.500. The van der Waals surface area contributed by atoms with E-state index in [0.29, 0.717) is 17.6 Å². The summed E-state index contributed by atoms with van der Waals surface area (Å²) in [4.78, 5) is 45.3. The average Bonchev–Trinajstić information content (AvgIpc) is 3.72. The number of H-pyrrole nitrogens is 1. The van der Waals surface area contributed by atoms with Crippen molar-refractivity contribution in [2.24, 2.45) is 0 Å². The molecule has 23 heteroatoms. The van der Waals surface area contributed by atoms with Gasteiger partial charge in [-0.05, 0) is 23.6 Å². The van der Waals surface area contributed by atoms with E-state index in [4.69, 9.17) is 58.1 Å². The summed E-state index contributed by atoms with van der Waals surface area (Å²) in [7, 11) is -2.50. The van der Waals surface area contributed by atoms with Gasteiger partial charge in [0, 0.05) is 12.8 Å². The lowest BCUT2D eigenvalue weighted by Crippen LogP contribution is -2.28. The van der Waals surface area contributed by atoms with Crippen molar-refractivity contribution < 1.29 is 33.0 Å². The number of thiol groups is 1. The molecule has 0 bridgehead atoms. The number of hydrogen-bond donors (Lipinski definition) is 6. The van der Waals surface area contributed by atoms with Crippen LogP contribution in [0.25, 0.3) is 22.3 Å². The molecular formula is C20H26N10O8P2S3. The topological polar surface area (TPSA) is 246 Å². The maximum atomic E-state index is 12.3. The Kier molecular flexibility index (Phi) is 8.86. The molecule has 43 heavy (non-hydrogen) atoms. The van der Waals surface area contributed by atoms with Gasteiger partial charge in [0.1, 0.15) is 30.3 Å². The van der Waals surface area contributed by atoms with Gasteiger partial charge in [-0.15, -0.1) is 0 Å². The normalized spacial score (nSPS) is 28.1. The minimum absolute atomic E-state index is 0.0517. The molecule has 0 saturated carbocycles. The summed E-state index contributed by atoms with van der Waals surface area (Å²) in [5.74, 6) is 0.120. The Labute approximate surface area is 258 Å².